The van der Waals surface area contributed by atoms with E-state index in [0.29, 0.717) is 153 Å². The van der Waals surface area contributed by atoms with Gasteiger partial charge in [0.25, 0.3) is 0 Å². The Bertz CT molecular complexity index is 2680. The van der Waals surface area contributed by atoms with Gasteiger partial charge in [-0.05, 0) is 82.7 Å². The van der Waals surface area contributed by atoms with Crippen LogP contribution in [0.5, 0.6) is 0 Å². The van der Waals surface area contributed by atoms with Gasteiger partial charge in [-0.15, -0.1) is 22.9 Å². The first kappa shape index (κ1) is 79.4. The number of carbonyl (C=O) groups is 6. The predicted octanol–water partition coefficient (Wildman–Crippen LogP) is 8.32. The number of piperazine rings is 1. The maximum Gasteiger partial charge on any atom is 0.407 e. The van der Waals surface area contributed by atoms with E-state index in [1.807, 2.05) is 52.8 Å². The fourth-order valence-electron chi connectivity index (χ4n) is 8.75. The lowest BCUT2D eigenvalue weighted by molar-refractivity contribution is -0.146. The van der Waals surface area contributed by atoms with Gasteiger partial charge in [-0.2, -0.15) is 10.2 Å². The molecule has 0 spiro atoms. The first-order chi connectivity index (χ1) is 45.1. The quantitative estimate of drug-likeness (QED) is 0.0134. The molecule has 0 atom stereocenters. The van der Waals surface area contributed by atoms with Crippen molar-refractivity contribution in [3.63, 3.8) is 0 Å². The third-order valence-electron chi connectivity index (χ3n) is 14.0. The Morgan fingerprint density at radius 1 is 0.688 bits per heavy atom. The zero-order valence-corrected chi connectivity index (χ0v) is 57.3. The first-order valence-electron chi connectivity index (χ1n) is 32.2. The molecule has 2 aliphatic heterocycles. The zero-order valence-electron chi connectivity index (χ0n) is 55.0. The van der Waals surface area contributed by atoms with E-state index >= 15 is 0 Å². The maximum atomic E-state index is 13.5. The number of thiazole rings is 1. The van der Waals surface area contributed by atoms with E-state index in [2.05, 4.69) is 40.6 Å². The number of amides is 3. The van der Waals surface area contributed by atoms with Crippen LogP contribution in [0.15, 0.2) is 52.8 Å². The lowest BCUT2D eigenvalue weighted by Gasteiger charge is -2.36. The van der Waals surface area contributed by atoms with E-state index < -0.39 is 17.8 Å². The predicted molar refractivity (Wildman–Crippen MR) is 353 cm³/mol. The number of nitrogens with one attached hydrogen (secondary N) is 2. The molecule has 2 aliphatic rings. The molecule has 0 unspecified atom stereocenters. The van der Waals surface area contributed by atoms with E-state index in [9.17, 15) is 28.8 Å². The van der Waals surface area contributed by atoms with Crippen molar-refractivity contribution in [3.05, 3.63) is 80.2 Å². The Kier molecular flexibility index (Phi) is 41.6. The number of esters is 2. The Morgan fingerprint density at radius 3 is 2.00 bits per heavy atom. The average Bonchev–Trinajstić information content (AvgIpc) is 1.90. The molecule has 26 nitrogen and oxygen atoms in total. The van der Waals surface area contributed by atoms with Crippen LogP contribution in [0.3, 0.4) is 0 Å². The molecule has 93 heavy (non-hydrogen) atoms. The SMILES string of the molecule is CCCC(=O)OC/C=C/COC(=O)NCCOCCOCCOC(=O)CCCOCCOCCCCCCCl.CCOCCOCCOC(=O)NCCN(CCC1(C)N=N1)C(=O)CN1CCN(c2cc(Cc3ncc(C(=O)Cc4c(C)cccc4Cl)s3)nc(C)n2)CC1. The van der Waals surface area contributed by atoms with Gasteiger partial charge in [0.05, 0.1) is 81.6 Å². The fourth-order valence-corrected chi connectivity index (χ4v) is 10.1. The van der Waals surface area contributed by atoms with E-state index in [-0.39, 0.29) is 82.8 Å². The molecule has 4 heterocycles. The van der Waals surface area contributed by atoms with Crippen LogP contribution in [0.2, 0.25) is 5.02 Å². The highest BCUT2D eigenvalue weighted by Crippen LogP contribution is 2.31. The Labute approximate surface area is 561 Å². The van der Waals surface area contributed by atoms with Crippen molar-refractivity contribution in [3.8, 4) is 0 Å². The molecule has 2 aromatic heterocycles. The van der Waals surface area contributed by atoms with E-state index in [4.69, 9.17) is 75.6 Å². The molecule has 0 radical (unpaired) electrons. The topological polar surface area (TPSA) is 292 Å². The molecule has 3 amide bonds. The first-order valence-corrected chi connectivity index (χ1v) is 33.9. The summed E-state index contributed by atoms with van der Waals surface area (Å²) in [7, 11) is 0. The van der Waals surface area contributed by atoms with Gasteiger partial charge in [0.1, 0.15) is 38.1 Å². The number of hydrogen-bond donors (Lipinski definition) is 2. The molecular weight excluding hydrogens is 1270 g/mol. The number of unbranched alkanes of at least 4 members (excludes halogenated alkanes) is 3. The van der Waals surface area contributed by atoms with Crippen molar-refractivity contribution in [2.24, 2.45) is 10.2 Å². The number of aryl methyl sites for hydroxylation is 2. The minimum absolute atomic E-state index is 0.0135. The molecule has 0 aliphatic carbocycles. The summed E-state index contributed by atoms with van der Waals surface area (Å²) >= 11 is 13.4. The van der Waals surface area contributed by atoms with E-state index in [0.717, 1.165) is 72.2 Å². The molecule has 3 aromatic rings. The zero-order chi connectivity index (χ0) is 67.2. The summed E-state index contributed by atoms with van der Waals surface area (Å²) in [6.07, 6.45) is 11.5. The summed E-state index contributed by atoms with van der Waals surface area (Å²) in [6.45, 7) is 19.9. The van der Waals surface area contributed by atoms with Crippen LogP contribution in [0.25, 0.3) is 0 Å². The lowest BCUT2D eigenvalue weighted by atomic mass is 10.0. The third kappa shape index (κ3) is 37.0. The molecule has 520 valence electrons. The number of aromatic nitrogens is 3. The summed E-state index contributed by atoms with van der Waals surface area (Å²) in [5.41, 5.74) is 2.21. The highest BCUT2D eigenvalue weighted by molar-refractivity contribution is 7.13. The van der Waals surface area contributed by atoms with Crippen LogP contribution >= 0.6 is 34.5 Å². The van der Waals surface area contributed by atoms with Crippen molar-refractivity contribution in [2.45, 2.75) is 111 Å². The van der Waals surface area contributed by atoms with Crippen LogP contribution < -0.4 is 15.5 Å². The standard InChI is InChI=1S/C37H50ClN9O6S.C27H48ClNO10/c1-5-51-17-18-52-19-20-53-36(50)39-10-12-47(11-9-37(4)43-44-37)35(49)25-45-13-15-46(16-14-45)33-21-28(41-27(3)42-33)22-34-40-24-32(54-34)31(48)23-29-26(2)7-6-8-30(29)38;1-2-10-25(30)37-16-7-8-17-39-27(32)29-13-18-35-21-22-36-23-24-38-26(31)11-9-15-34-20-19-33-14-6-4-3-5-12-28/h6-8,21,24H,5,9-20,22-23,25H2,1-4H3,(H,39,50);7-8H,2-6,9-24H2,1H3,(H,29,32)/b;8-7+. The summed E-state index contributed by atoms with van der Waals surface area (Å²) in [5, 5.41) is 14.8. The molecule has 1 saturated heterocycles. The number of alkyl halides is 1. The van der Waals surface area contributed by atoms with Crippen LogP contribution in [0, 0.1) is 13.8 Å². The molecule has 0 bridgehead atoms. The number of rotatable bonds is 49. The van der Waals surface area contributed by atoms with Gasteiger partial charge in [-0.1, -0.05) is 43.5 Å². The highest BCUT2D eigenvalue weighted by atomic mass is 35.5. The number of halogens is 2. The van der Waals surface area contributed by atoms with Gasteiger partial charge >= 0.3 is 24.1 Å². The van der Waals surface area contributed by atoms with Crippen molar-refractivity contribution in [1.82, 2.24) is 35.4 Å². The molecule has 0 saturated carbocycles. The summed E-state index contributed by atoms with van der Waals surface area (Å²) in [4.78, 5) is 93.7. The van der Waals surface area contributed by atoms with Crippen molar-refractivity contribution >= 4 is 76.2 Å². The fraction of sp³-hybridized carbons (Fsp3) is 0.672. The summed E-state index contributed by atoms with van der Waals surface area (Å²) in [6, 6.07) is 7.62. The Hall–Kier alpha value is -6.01. The van der Waals surface area contributed by atoms with Crippen LogP contribution in [-0.2, 0) is 74.6 Å². The second kappa shape index (κ2) is 48.7. The minimum Gasteiger partial charge on any atom is -0.463 e. The molecular formula is C64H98Cl2N10O16S. The van der Waals surface area contributed by atoms with Crippen molar-refractivity contribution in [1.29, 1.82) is 0 Å². The van der Waals surface area contributed by atoms with E-state index in [1.165, 1.54) is 11.3 Å². The van der Waals surface area contributed by atoms with Crippen LogP contribution in [-0.4, -0.2) is 237 Å². The average molecular weight is 1370 g/mol. The normalized spacial score (nSPS) is 13.3. The second-order valence-corrected chi connectivity index (χ2v) is 23.6. The molecule has 29 heteroatoms. The Morgan fingerprint density at radius 2 is 1.31 bits per heavy atom. The number of ketones is 1. The number of nitrogens with zero attached hydrogens (tertiary/aromatic N) is 8. The minimum atomic E-state index is -0.565. The second-order valence-electron chi connectivity index (χ2n) is 21.7. The number of hydrogen-bond acceptors (Lipinski definition) is 24. The van der Waals surface area contributed by atoms with Gasteiger partial charge in [-0.25, -0.2) is 24.5 Å². The monoisotopic (exact) mass is 1360 g/mol. The number of alkyl carbamates (subject to hydrolysis) is 2. The molecule has 5 rings (SSSR count). The number of anilines is 1. The van der Waals surface area contributed by atoms with Crippen molar-refractivity contribution in [2.75, 3.05) is 175 Å². The summed E-state index contributed by atoms with van der Waals surface area (Å²) in [5.74, 6) is 1.64. The molecule has 1 aromatic carbocycles. The van der Waals surface area contributed by atoms with Crippen LogP contribution in [0.1, 0.15) is 116 Å². The van der Waals surface area contributed by atoms with Gasteiger partial charge in [0.2, 0.25) is 5.91 Å². The molecule has 2 N–H and O–H groups in total. The van der Waals surface area contributed by atoms with Crippen molar-refractivity contribution < 1.29 is 76.1 Å². The van der Waals surface area contributed by atoms with Gasteiger partial charge in [0.15, 0.2) is 11.4 Å². The molecule has 1 fully saturated rings. The Balaban J connectivity index is 0.000000421. The number of benzene rings is 1. The number of carbonyl (C=O) groups excluding carboxylic acids is 6. The van der Waals surface area contributed by atoms with E-state index in [1.54, 1.807) is 29.3 Å². The van der Waals surface area contributed by atoms with Crippen LogP contribution in [0.4, 0.5) is 15.4 Å². The third-order valence-corrected chi connectivity index (χ3v) is 15.6. The lowest BCUT2D eigenvalue weighted by Crippen LogP contribution is -2.51. The maximum absolute atomic E-state index is 13.5. The number of ether oxygens (including phenoxy) is 10. The van der Waals surface area contributed by atoms with Gasteiger partial charge < -0.3 is 67.8 Å². The summed E-state index contributed by atoms with van der Waals surface area (Å²) < 4.78 is 52.4. The number of Topliss-reactive ketones (excluding diaryl/α,β-unsaturated/α-hetero) is 1. The highest BCUT2D eigenvalue weighted by Gasteiger charge is 2.35. The largest absolute Gasteiger partial charge is 0.463 e. The van der Waals surface area contributed by atoms with Gasteiger partial charge in [-0.3, -0.25) is 24.1 Å². The smallest absolute Gasteiger partial charge is 0.407 e. The van der Waals surface area contributed by atoms with Gasteiger partial charge in [0, 0.05) is 127 Å².